The summed E-state index contributed by atoms with van der Waals surface area (Å²) in [5, 5.41) is 9.58. The minimum Gasteiger partial charge on any atom is -0.495 e. The molecule has 0 saturated carbocycles. The largest absolute Gasteiger partial charge is 0.495 e. The number of allylic oxidation sites excluding steroid dienone is 1. The van der Waals surface area contributed by atoms with Gasteiger partial charge in [0.25, 0.3) is 0 Å². The van der Waals surface area contributed by atoms with E-state index < -0.39 is 11.9 Å². The lowest BCUT2D eigenvalue weighted by Crippen LogP contribution is -2.36. The van der Waals surface area contributed by atoms with Crippen LogP contribution in [0, 0.1) is 11.3 Å². The Morgan fingerprint density at radius 2 is 1.59 bits per heavy atom. The molecule has 2 aromatic carbocycles. The van der Waals surface area contributed by atoms with Gasteiger partial charge in [0.2, 0.25) is 11.7 Å². The smallest absolute Gasteiger partial charge is 0.234 e. The zero-order chi connectivity index (χ0) is 28.0. The molecule has 0 saturated heterocycles. The summed E-state index contributed by atoms with van der Waals surface area (Å²) in [4.78, 5) is 14.2. The highest BCUT2D eigenvalue weighted by atomic mass is 16.5. The molecule has 1 amide bonds. The summed E-state index contributed by atoms with van der Waals surface area (Å²) in [7, 11) is 6.14. The monoisotopic (exact) mass is 513 g/mol. The lowest BCUT2D eigenvalue weighted by atomic mass is 10.0. The van der Waals surface area contributed by atoms with Crippen molar-refractivity contribution in [2.24, 2.45) is 27.9 Å². The number of aliphatic imine (C=N–C) groups is 1. The van der Waals surface area contributed by atoms with E-state index in [1.165, 1.54) is 21.3 Å². The number of hydrogen-bond acceptors (Lipinski definition) is 9. The van der Waals surface area contributed by atoms with Crippen molar-refractivity contribution < 1.29 is 23.7 Å². The third-order valence-corrected chi connectivity index (χ3v) is 4.99. The van der Waals surface area contributed by atoms with Crippen molar-refractivity contribution in [1.29, 1.82) is 5.26 Å². The lowest BCUT2D eigenvalue weighted by molar-refractivity contribution is -0.119. The molecule has 0 bridgehead atoms. The van der Waals surface area contributed by atoms with Crippen LogP contribution >= 0.6 is 0 Å². The SMILES string of the molecule is COc1ccc(/C=C(/C#N)c2cc(OC)c(OC)c(OC)c2)cc1N.NC(=O)[C@@H](N)CCCN=C(N)N. The number of primary amides is 1. The molecular weight excluding hydrogens is 478 g/mol. The summed E-state index contributed by atoms with van der Waals surface area (Å²) < 4.78 is 21.1. The summed E-state index contributed by atoms with van der Waals surface area (Å²) in [5.74, 6) is 1.56. The van der Waals surface area contributed by atoms with Crippen molar-refractivity contribution in [3.05, 3.63) is 41.5 Å². The quantitative estimate of drug-likeness (QED) is 0.0721. The van der Waals surface area contributed by atoms with Gasteiger partial charge in [-0.05, 0) is 54.3 Å². The number of benzene rings is 2. The number of methoxy groups -OCH3 is 4. The molecule has 0 aliphatic heterocycles. The Hall–Kier alpha value is -4.63. The van der Waals surface area contributed by atoms with Crippen molar-refractivity contribution in [1.82, 2.24) is 0 Å². The Labute approximate surface area is 216 Å². The highest BCUT2D eigenvalue weighted by Crippen LogP contribution is 2.40. The normalized spacial score (nSPS) is 11.2. The number of anilines is 1. The number of carbonyl (C=O) groups excluding carboxylic acids is 1. The van der Waals surface area contributed by atoms with Gasteiger partial charge >= 0.3 is 0 Å². The van der Waals surface area contributed by atoms with Gasteiger partial charge in [0.1, 0.15) is 5.75 Å². The van der Waals surface area contributed by atoms with Gasteiger partial charge < -0.3 is 47.6 Å². The fourth-order valence-electron chi connectivity index (χ4n) is 3.09. The van der Waals surface area contributed by atoms with E-state index in [0.29, 0.717) is 59.2 Å². The van der Waals surface area contributed by atoms with Crippen molar-refractivity contribution in [2.75, 3.05) is 40.7 Å². The second-order valence-corrected chi connectivity index (χ2v) is 7.54. The number of nitrogen functional groups attached to an aromatic ring is 1. The minimum atomic E-state index is -0.598. The molecule has 0 fully saturated rings. The Morgan fingerprint density at radius 1 is 1.00 bits per heavy atom. The predicted octanol–water partition coefficient (Wildman–Crippen LogP) is 1.22. The molecule has 0 aliphatic carbocycles. The molecule has 0 spiro atoms. The van der Waals surface area contributed by atoms with Gasteiger partial charge in [-0.3, -0.25) is 9.79 Å². The van der Waals surface area contributed by atoms with E-state index in [2.05, 4.69) is 11.1 Å². The molecule has 2 rings (SSSR count). The van der Waals surface area contributed by atoms with Gasteiger partial charge in [-0.1, -0.05) is 6.07 Å². The molecule has 2 aromatic rings. The van der Waals surface area contributed by atoms with E-state index in [1.54, 1.807) is 37.5 Å². The summed E-state index contributed by atoms with van der Waals surface area (Å²) in [6, 6.07) is 10.4. The van der Waals surface area contributed by atoms with Gasteiger partial charge in [-0.2, -0.15) is 5.26 Å². The van der Waals surface area contributed by atoms with E-state index in [1.807, 2.05) is 6.07 Å². The summed E-state index contributed by atoms with van der Waals surface area (Å²) in [6.07, 6.45) is 2.89. The van der Waals surface area contributed by atoms with E-state index in [-0.39, 0.29) is 5.96 Å². The number of rotatable bonds is 11. The highest BCUT2D eigenvalue weighted by molar-refractivity contribution is 5.91. The zero-order valence-corrected chi connectivity index (χ0v) is 21.5. The zero-order valence-electron chi connectivity index (χ0n) is 21.5. The maximum absolute atomic E-state index is 10.4. The van der Waals surface area contributed by atoms with E-state index in [9.17, 15) is 10.1 Å². The van der Waals surface area contributed by atoms with Crippen LogP contribution in [0.2, 0.25) is 0 Å². The first-order valence-electron chi connectivity index (χ1n) is 11.1. The number of nitriles is 1. The third kappa shape index (κ3) is 9.50. The molecule has 0 radical (unpaired) electrons. The van der Waals surface area contributed by atoms with Crippen LogP contribution < -0.4 is 47.6 Å². The molecule has 10 N–H and O–H groups in total. The molecule has 0 heterocycles. The van der Waals surface area contributed by atoms with Gasteiger partial charge in [0.15, 0.2) is 17.5 Å². The van der Waals surface area contributed by atoms with Gasteiger partial charge in [0.05, 0.1) is 51.8 Å². The fourth-order valence-corrected chi connectivity index (χ4v) is 3.09. The summed E-state index contributed by atoms with van der Waals surface area (Å²) in [5.41, 5.74) is 28.7. The lowest BCUT2D eigenvalue weighted by Gasteiger charge is -2.14. The van der Waals surface area contributed by atoms with Crippen LogP contribution in [0.1, 0.15) is 24.0 Å². The average Bonchev–Trinajstić information content (AvgIpc) is 2.88. The number of nitrogens with zero attached hydrogens (tertiary/aromatic N) is 2. The third-order valence-electron chi connectivity index (χ3n) is 4.99. The average molecular weight is 514 g/mol. The van der Waals surface area contributed by atoms with E-state index in [0.717, 1.165) is 5.56 Å². The maximum atomic E-state index is 10.4. The Kier molecular flexibility index (Phi) is 12.6. The summed E-state index contributed by atoms with van der Waals surface area (Å²) in [6.45, 7) is 0.476. The Morgan fingerprint density at radius 3 is 2.03 bits per heavy atom. The van der Waals surface area contributed by atoms with Crippen LogP contribution in [0.15, 0.2) is 35.3 Å². The summed E-state index contributed by atoms with van der Waals surface area (Å²) >= 11 is 0. The second-order valence-electron chi connectivity index (χ2n) is 7.54. The molecular formula is C25H35N7O5. The number of guanidine groups is 1. The van der Waals surface area contributed by atoms with Crippen molar-refractivity contribution in [3.63, 3.8) is 0 Å². The molecule has 0 aliphatic rings. The van der Waals surface area contributed by atoms with Gasteiger partial charge in [0, 0.05) is 6.54 Å². The van der Waals surface area contributed by atoms with Crippen LogP contribution in [0.5, 0.6) is 23.0 Å². The van der Waals surface area contributed by atoms with Gasteiger partial charge in [-0.25, -0.2) is 0 Å². The first-order valence-corrected chi connectivity index (χ1v) is 11.1. The number of carbonyl (C=O) groups is 1. The molecule has 37 heavy (non-hydrogen) atoms. The van der Waals surface area contributed by atoms with Crippen LogP contribution in [-0.4, -0.2) is 52.9 Å². The van der Waals surface area contributed by atoms with Gasteiger partial charge in [-0.15, -0.1) is 0 Å². The van der Waals surface area contributed by atoms with E-state index in [4.69, 9.17) is 47.6 Å². The first-order chi connectivity index (χ1) is 17.6. The Balaban J connectivity index is 0.000000482. The molecule has 12 heteroatoms. The standard InChI is InChI=1S/C19H20N2O4.C6H15N5O/c1-22-16-6-5-12(8-15(16)21)7-14(11-20)13-9-17(23-2)19(25-4)18(10-13)24-3;7-4(5(8)12)2-1-3-11-6(9)10/h5-10H,21H2,1-4H3;4H,1-3,7H2,(H2,8,12)(H4,9,10,11)/b14-7-;/t;4-/m.0/s1. The minimum absolute atomic E-state index is 0.0441. The predicted molar refractivity (Wildman–Crippen MR) is 144 cm³/mol. The molecule has 0 unspecified atom stereocenters. The van der Waals surface area contributed by atoms with Crippen LogP contribution in [0.3, 0.4) is 0 Å². The second kappa shape index (κ2) is 15.4. The number of ether oxygens (including phenoxy) is 4. The number of hydrogen-bond donors (Lipinski definition) is 5. The fraction of sp³-hybridized carbons (Fsp3) is 0.320. The van der Waals surface area contributed by atoms with E-state index >= 15 is 0 Å². The molecule has 1 atom stereocenters. The molecule has 200 valence electrons. The highest BCUT2D eigenvalue weighted by Gasteiger charge is 2.15. The molecule has 0 aromatic heterocycles. The number of amides is 1. The van der Waals surface area contributed by atoms with Crippen LogP contribution in [-0.2, 0) is 4.79 Å². The van der Waals surface area contributed by atoms with Crippen LogP contribution in [0.25, 0.3) is 11.6 Å². The van der Waals surface area contributed by atoms with Crippen molar-refractivity contribution in [2.45, 2.75) is 18.9 Å². The Bertz CT molecular complexity index is 1130. The number of nitrogens with two attached hydrogens (primary N) is 5. The van der Waals surface area contributed by atoms with Crippen molar-refractivity contribution in [3.8, 4) is 29.1 Å². The molecule has 12 nitrogen and oxygen atoms in total. The van der Waals surface area contributed by atoms with Crippen LogP contribution in [0.4, 0.5) is 5.69 Å². The maximum Gasteiger partial charge on any atom is 0.234 e. The topological polar surface area (TPSA) is 220 Å². The first kappa shape index (κ1) is 30.4. The van der Waals surface area contributed by atoms with Crippen molar-refractivity contribution >= 4 is 29.2 Å².